The van der Waals surface area contributed by atoms with Crippen molar-refractivity contribution >= 4 is 0 Å². The lowest BCUT2D eigenvalue weighted by molar-refractivity contribution is -0.158. The van der Waals surface area contributed by atoms with Crippen LogP contribution in [0.2, 0.25) is 0 Å². The molecule has 0 aromatic heterocycles. The molecular weight excluding hydrogens is 244 g/mol. The van der Waals surface area contributed by atoms with Crippen LogP contribution in [0, 0.1) is 28.1 Å². The van der Waals surface area contributed by atoms with Crippen LogP contribution in [0.4, 0.5) is 0 Å². The minimum atomic E-state index is 0.520. The van der Waals surface area contributed by atoms with Gasteiger partial charge in [-0.2, -0.15) is 0 Å². The second-order valence-corrected chi connectivity index (χ2v) is 9.73. The monoisotopic (exact) mass is 276 g/mol. The van der Waals surface area contributed by atoms with Crippen molar-refractivity contribution in [2.75, 3.05) is 0 Å². The minimum Gasteiger partial charge on any atom is -0.271 e. The van der Waals surface area contributed by atoms with Crippen molar-refractivity contribution < 1.29 is 0 Å². The van der Waals surface area contributed by atoms with Crippen LogP contribution in [0.5, 0.6) is 0 Å². The molecule has 0 amide bonds. The molecule has 4 bridgehead atoms. The molecule has 5 saturated carbocycles. The molecule has 3 atom stereocenters. The largest absolute Gasteiger partial charge is 0.271 e. The molecule has 0 heterocycles. The van der Waals surface area contributed by atoms with Crippen LogP contribution in [0.15, 0.2) is 0 Å². The molecule has 5 aliphatic rings. The molecule has 0 aliphatic heterocycles. The smallest absolute Gasteiger partial charge is 0.0267 e. The first-order chi connectivity index (χ1) is 9.44. The van der Waals surface area contributed by atoms with Crippen molar-refractivity contribution in [2.45, 2.75) is 84.1 Å². The number of hydrogen-bond donors (Lipinski definition) is 2. The van der Waals surface area contributed by atoms with Gasteiger partial charge in [-0.05, 0) is 79.4 Å². The molecule has 2 nitrogen and oxygen atoms in total. The highest BCUT2D eigenvalue weighted by atomic mass is 15.2. The molecule has 5 rings (SSSR count). The highest BCUT2D eigenvalue weighted by Crippen LogP contribution is 2.70. The van der Waals surface area contributed by atoms with Gasteiger partial charge in [0, 0.05) is 6.04 Å². The summed E-state index contributed by atoms with van der Waals surface area (Å²) in [4.78, 5) is 0. The van der Waals surface area contributed by atoms with Gasteiger partial charge >= 0.3 is 0 Å². The van der Waals surface area contributed by atoms with Gasteiger partial charge in [-0.1, -0.05) is 26.7 Å². The van der Waals surface area contributed by atoms with Crippen LogP contribution >= 0.6 is 0 Å². The minimum absolute atomic E-state index is 0.520. The summed E-state index contributed by atoms with van der Waals surface area (Å²) in [5, 5.41) is 0. The number of rotatable bonds is 5. The van der Waals surface area contributed by atoms with E-state index in [9.17, 15) is 0 Å². The van der Waals surface area contributed by atoms with Gasteiger partial charge in [0.05, 0.1) is 0 Å². The number of nitrogens with one attached hydrogen (secondary N) is 1. The highest BCUT2D eigenvalue weighted by molar-refractivity contribution is 5.13. The first kappa shape index (κ1) is 13.6. The second kappa shape index (κ2) is 4.23. The van der Waals surface area contributed by atoms with Gasteiger partial charge in [0.2, 0.25) is 0 Å². The van der Waals surface area contributed by atoms with Crippen LogP contribution in [-0.4, -0.2) is 6.04 Å². The van der Waals surface area contributed by atoms with Crippen molar-refractivity contribution in [3.63, 3.8) is 0 Å². The van der Waals surface area contributed by atoms with E-state index in [1.807, 2.05) is 0 Å². The van der Waals surface area contributed by atoms with E-state index in [2.05, 4.69) is 19.3 Å². The fraction of sp³-hybridized carbons (Fsp3) is 1.00. The predicted octanol–water partition coefficient (Wildman–Crippen LogP) is 4.01. The van der Waals surface area contributed by atoms with Gasteiger partial charge in [-0.15, -0.1) is 0 Å². The van der Waals surface area contributed by atoms with Crippen LogP contribution in [0.1, 0.15) is 78.1 Å². The van der Waals surface area contributed by atoms with Crippen LogP contribution < -0.4 is 11.3 Å². The summed E-state index contributed by atoms with van der Waals surface area (Å²) in [5.41, 5.74) is 5.02. The SMILES string of the molecule is CC12CC3CC(C)(C1)CC(C(CCC1CC1)NN)(C3)C2. The van der Waals surface area contributed by atoms with Gasteiger partial charge in [-0.3, -0.25) is 11.3 Å². The molecule has 0 aromatic carbocycles. The van der Waals surface area contributed by atoms with Gasteiger partial charge in [-0.25, -0.2) is 0 Å². The lowest BCUT2D eigenvalue weighted by Gasteiger charge is -2.67. The predicted molar refractivity (Wildman–Crippen MR) is 82.9 cm³/mol. The third kappa shape index (κ3) is 2.14. The maximum atomic E-state index is 6.04. The Morgan fingerprint density at radius 3 is 2.20 bits per heavy atom. The third-order valence-corrected chi connectivity index (χ3v) is 7.17. The lowest BCUT2D eigenvalue weighted by Crippen LogP contribution is -2.62. The maximum Gasteiger partial charge on any atom is 0.0267 e. The zero-order valence-corrected chi connectivity index (χ0v) is 13.4. The van der Waals surface area contributed by atoms with E-state index in [1.54, 1.807) is 0 Å². The molecular formula is C18H32N2. The summed E-state index contributed by atoms with van der Waals surface area (Å²) < 4.78 is 0. The quantitative estimate of drug-likeness (QED) is 0.588. The first-order valence-corrected chi connectivity index (χ1v) is 8.91. The molecule has 2 heteroatoms. The van der Waals surface area contributed by atoms with Crippen LogP contribution in [-0.2, 0) is 0 Å². The summed E-state index contributed by atoms with van der Waals surface area (Å²) in [6, 6.07) is 0.574. The van der Waals surface area contributed by atoms with E-state index < -0.39 is 0 Å². The molecule has 0 saturated heterocycles. The molecule has 0 spiro atoms. The maximum absolute atomic E-state index is 6.04. The Kier molecular flexibility index (Phi) is 2.87. The summed E-state index contributed by atoms with van der Waals surface area (Å²) in [6.45, 7) is 5.14. The second-order valence-electron chi connectivity index (χ2n) is 9.73. The zero-order valence-electron chi connectivity index (χ0n) is 13.4. The summed E-state index contributed by atoms with van der Waals surface area (Å²) in [6.07, 6.45) is 14.5. The van der Waals surface area contributed by atoms with E-state index in [1.165, 1.54) is 64.2 Å². The van der Waals surface area contributed by atoms with Gasteiger partial charge < -0.3 is 0 Å². The molecule has 0 aromatic rings. The standard InChI is InChI=1S/C18H32N2/c1-16-7-14-8-17(2,10-16)12-18(9-14,11-16)15(20-19)6-5-13-3-4-13/h13-15,20H,3-12,19H2,1-2H3. The highest BCUT2D eigenvalue weighted by Gasteiger charge is 2.61. The summed E-state index contributed by atoms with van der Waals surface area (Å²) >= 11 is 0. The van der Waals surface area contributed by atoms with E-state index in [0.717, 1.165) is 11.8 Å². The zero-order chi connectivity index (χ0) is 14.0. The van der Waals surface area contributed by atoms with Gasteiger partial charge in [0.25, 0.3) is 0 Å². The molecule has 114 valence electrons. The number of nitrogens with two attached hydrogens (primary N) is 1. The number of hydrazine groups is 1. The summed E-state index contributed by atoms with van der Waals surface area (Å²) in [5.74, 6) is 8.05. The third-order valence-electron chi connectivity index (χ3n) is 7.17. The van der Waals surface area contributed by atoms with Gasteiger partial charge in [0.1, 0.15) is 0 Å². The van der Waals surface area contributed by atoms with Crippen LogP contribution in [0.25, 0.3) is 0 Å². The van der Waals surface area contributed by atoms with E-state index >= 15 is 0 Å². The molecule has 0 radical (unpaired) electrons. The molecule has 5 fully saturated rings. The average molecular weight is 276 g/mol. The Morgan fingerprint density at radius 1 is 1.05 bits per heavy atom. The van der Waals surface area contributed by atoms with Crippen LogP contribution in [0.3, 0.4) is 0 Å². The van der Waals surface area contributed by atoms with E-state index in [0.29, 0.717) is 22.3 Å². The topological polar surface area (TPSA) is 38.0 Å². The Hall–Kier alpha value is -0.0800. The lowest BCUT2D eigenvalue weighted by atomic mass is 9.39. The molecule has 5 aliphatic carbocycles. The average Bonchev–Trinajstić information content (AvgIpc) is 3.08. The van der Waals surface area contributed by atoms with E-state index in [-0.39, 0.29) is 0 Å². The number of hydrogen-bond acceptors (Lipinski definition) is 2. The molecule has 3 unspecified atom stereocenters. The van der Waals surface area contributed by atoms with Gasteiger partial charge in [0.15, 0.2) is 0 Å². The molecule has 3 N–H and O–H groups in total. The normalized spacial score (nSPS) is 51.5. The van der Waals surface area contributed by atoms with Crippen molar-refractivity contribution in [1.82, 2.24) is 5.43 Å². The Balaban J connectivity index is 1.58. The van der Waals surface area contributed by atoms with E-state index in [4.69, 9.17) is 5.84 Å². The van der Waals surface area contributed by atoms with Crippen molar-refractivity contribution in [3.8, 4) is 0 Å². The van der Waals surface area contributed by atoms with Crippen molar-refractivity contribution in [1.29, 1.82) is 0 Å². The fourth-order valence-electron chi connectivity index (χ4n) is 7.30. The Labute approximate surface area is 124 Å². The summed E-state index contributed by atoms with van der Waals surface area (Å²) in [7, 11) is 0. The molecule has 20 heavy (non-hydrogen) atoms. The van der Waals surface area contributed by atoms with Crippen molar-refractivity contribution in [2.24, 2.45) is 33.9 Å². The van der Waals surface area contributed by atoms with Crippen molar-refractivity contribution in [3.05, 3.63) is 0 Å². The first-order valence-electron chi connectivity index (χ1n) is 8.91. The fourth-order valence-corrected chi connectivity index (χ4v) is 7.30. The Bertz CT molecular complexity index is 382. The Morgan fingerprint density at radius 2 is 1.70 bits per heavy atom.